The Morgan fingerprint density at radius 3 is 2.85 bits per heavy atom. The van der Waals surface area contributed by atoms with Crippen molar-refractivity contribution in [2.45, 2.75) is 13.0 Å². The highest BCUT2D eigenvalue weighted by atomic mass is 16.7. The van der Waals surface area contributed by atoms with Crippen LogP contribution in [0.4, 0.5) is 0 Å². The number of fused-ring (bicyclic) bond motifs is 1. The molecule has 0 amide bonds. The quantitative estimate of drug-likeness (QED) is 0.888. The molecular formula is C14H17N3O3. The largest absolute Gasteiger partial charge is 0.487 e. The molecule has 1 aliphatic rings. The Kier molecular flexibility index (Phi) is 3.47. The van der Waals surface area contributed by atoms with Crippen LogP contribution in [0.1, 0.15) is 11.3 Å². The average Bonchev–Trinajstić information content (AvgIpc) is 3.04. The predicted molar refractivity (Wildman–Crippen MR) is 72.9 cm³/mol. The molecule has 0 bridgehead atoms. The summed E-state index contributed by atoms with van der Waals surface area (Å²) >= 11 is 0. The van der Waals surface area contributed by atoms with Crippen molar-refractivity contribution in [2.75, 3.05) is 13.3 Å². The van der Waals surface area contributed by atoms with Gasteiger partial charge < -0.3 is 19.9 Å². The summed E-state index contributed by atoms with van der Waals surface area (Å²) in [4.78, 5) is 0. The summed E-state index contributed by atoms with van der Waals surface area (Å²) in [6, 6.07) is 5.72. The minimum atomic E-state index is 0.251. The Hall–Kier alpha value is -2.21. The van der Waals surface area contributed by atoms with Crippen LogP contribution in [-0.4, -0.2) is 23.1 Å². The maximum Gasteiger partial charge on any atom is 0.231 e. The van der Waals surface area contributed by atoms with E-state index in [-0.39, 0.29) is 6.79 Å². The lowest BCUT2D eigenvalue weighted by Crippen LogP contribution is -2.06. The highest BCUT2D eigenvalue weighted by Crippen LogP contribution is 2.38. The van der Waals surface area contributed by atoms with Gasteiger partial charge in [-0.2, -0.15) is 5.10 Å². The number of rotatable bonds is 5. The first-order chi connectivity index (χ1) is 9.76. The fraction of sp³-hybridized carbons (Fsp3) is 0.357. The molecule has 6 heteroatoms. The lowest BCUT2D eigenvalue weighted by molar-refractivity contribution is 0.173. The van der Waals surface area contributed by atoms with E-state index in [1.54, 1.807) is 4.68 Å². The number of hydrogen-bond acceptors (Lipinski definition) is 5. The molecule has 0 unspecified atom stereocenters. The first-order valence-electron chi connectivity index (χ1n) is 6.50. The average molecular weight is 275 g/mol. The molecule has 1 aromatic heterocycles. The van der Waals surface area contributed by atoms with Crippen molar-refractivity contribution >= 4 is 0 Å². The maximum absolute atomic E-state index is 5.85. The number of aryl methyl sites for hydroxylation is 1. The van der Waals surface area contributed by atoms with Gasteiger partial charge in [0.25, 0.3) is 0 Å². The van der Waals surface area contributed by atoms with Crippen LogP contribution < -0.4 is 19.9 Å². The van der Waals surface area contributed by atoms with E-state index in [1.165, 1.54) is 0 Å². The SMILES string of the molecule is Cn1ccc(COc2cc3c(cc2CCN)OCO3)n1. The van der Waals surface area contributed by atoms with Crippen LogP contribution in [0.2, 0.25) is 0 Å². The highest BCUT2D eigenvalue weighted by Gasteiger charge is 2.18. The molecule has 0 fully saturated rings. The van der Waals surface area contributed by atoms with Crippen molar-refractivity contribution in [3.05, 3.63) is 35.7 Å². The van der Waals surface area contributed by atoms with Crippen molar-refractivity contribution in [3.8, 4) is 17.2 Å². The molecule has 6 nitrogen and oxygen atoms in total. The van der Waals surface area contributed by atoms with Gasteiger partial charge in [-0.3, -0.25) is 4.68 Å². The molecule has 106 valence electrons. The van der Waals surface area contributed by atoms with Crippen molar-refractivity contribution in [1.29, 1.82) is 0 Å². The van der Waals surface area contributed by atoms with Crippen LogP contribution in [0, 0.1) is 0 Å². The second kappa shape index (κ2) is 5.42. The maximum atomic E-state index is 5.85. The molecule has 0 saturated heterocycles. The third-order valence-electron chi connectivity index (χ3n) is 3.11. The van der Waals surface area contributed by atoms with Gasteiger partial charge in [-0.1, -0.05) is 0 Å². The summed E-state index contributed by atoms with van der Waals surface area (Å²) in [5.41, 5.74) is 7.54. The van der Waals surface area contributed by atoms with Gasteiger partial charge in [0.2, 0.25) is 6.79 Å². The van der Waals surface area contributed by atoms with Gasteiger partial charge in [0.1, 0.15) is 12.4 Å². The third-order valence-corrected chi connectivity index (χ3v) is 3.11. The number of nitrogens with two attached hydrogens (primary N) is 1. The lowest BCUT2D eigenvalue weighted by Gasteiger charge is -2.11. The fourth-order valence-corrected chi connectivity index (χ4v) is 2.14. The van der Waals surface area contributed by atoms with E-state index < -0.39 is 0 Å². The minimum absolute atomic E-state index is 0.251. The third kappa shape index (κ3) is 2.55. The Morgan fingerprint density at radius 1 is 1.35 bits per heavy atom. The summed E-state index contributed by atoms with van der Waals surface area (Å²) < 4.78 is 18.3. The van der Waals surface area contributed by atoms with Gasteiger partial charge in [-0.15, -0.1) is 0 Å². The van der Waals surface area contributed by atoms with Crippen LogP contribution in [0.5, 0.6) is 17.2 Å². The van der Waals surface area contributed by atoms with E-state index in [2.05, 4.69) is 5.10 Å². The zero-order valence-corrected chi connectivity index (χ0v) is 11.3. The van der Waals surface area contributed by atoms with Crippen molar-refractivity contribution in [2.24, 2.45) is 12.8 Å². The Balaban J connectivity index is 1.80. The molecule has 0 saturated carbocycles. The van der Waals surface area contributed by atoms with Crippen molar-refractivity contribution in [3.63, 3.8) is 0 Å². The van der Waals surface area contributed by atoms with E-state index in [9.17, 15) is 0 Å². The number of aromatic nitrogens is 2. The molecule has 0 spiro atoms. The molecular weight excluding hydrogens is 258 g/mol. The molecule has 0 radical (unpaired) electrons. The zero-order chi connectivity index (χ0) is 13.9. The molecule has 20 heavy (non-hydrogen) atoms. The summed E-state index contributed by atoms with van der Waals surface area (Å²) in [6.07, 6.45) is 2.62. The van der Waals surface area contributed by atoms with Gasteiger partial charge >= 0.3 is 0 Å². The Morgan fingerprint density at radius 2 is 2.15 bits per heavy atom. The van der Waals surface area contributed by atoms with E-state index in [0.717, 1.165) is 29.2 Å². The van der Waals surface area contributed by atoms with Crippen LogP contribution in [-0.2, 0) is 20.1 Å². The summed E-state index contributed by atoms with van der Waals surface area (Å²) in [5.74, 6) is 2.23. The number of benzene rings is 1. The van der Waals surface area contributed by atoms with Crippen LogP contribution in [0.15, 0.2) is 24.4 Å². The number of nitrogens with zero attached hydrogens (tertiary/aromatic N) is 2. The summed E-state index contributed by atoms with van der Waals surface area (Å²) in [5, 5.41) is 4.28. The predicted octanol–water partition coefficient (Wildman–Crippen LogP) is 1.23. The summed E-state index contributed by atoms with van der Waals surface area (Å²) in [7, 11) is 1.88. The first-order valence-corrected chi connectivity index (χ1v) is 6.50. The summed E-state index contributed by atoms with van der Waals surface area (Å²) in [6.45, 7) is 1.22. The molecule has 2 aromatic rings. The molecule has 1 aliphatic heterocycles. The van der Waals surface area contributed by atoms with Gasteiger partial charge in [0.05, 0.1) is 5.69 Å². The van der Waals surface area contributed by atoms with Crippen molar-refractivity contribution in [1.82, 2.24) is 9.78 Å². The zero-order valence-electron chi connectivity index (χ0n) is 11.3. The molecule has 2 N–H and O–H groups in total. The first kappa shape index (κ1) is 12.8. The standard InChI is InChI=1S/C14H17N3O3/c1-17-5-3-11(16-17)8-18-12-7-14-13(19-9-20-14)6-10(12)2-4-15/h3,5-7H,2,4,8-9,15H2,1H3. The van der Waals surface area contributed by atoms with Crippen LogP contribution >= 0.6 is 0 Å². The van der Waals surface area contributed by atoms with E-state index >= 15 is 0 Å². The number of hydrogen-bond donors (Lipinski definition) is 1. The monoisotopic (exact) mass is 275 g/mol. The molecule has 3 rings (SSSR count). The Bertz CT molecular complexity index is 610. The van der Waals surface area contributed by atoms with E-state index in [4.69, 9.17) is 19.9 Å². The van der Waals surface area contributed by atoms with E-state index in [1.807, 2.05) is 31.4 Å². The Labute approximate surface area is 117 Å². The van der Waals surface area contributed by atoms with E-state index in [0.29, 0.717) is 18.9 Å². The second-order valence-electron chi connectivity index (χ2n) is 4.62. The molecule has 2 heterocycles. The smallest absolute Gasteiger partial charge is 0.231 e. The van der Waals surface area contributed by atoms with Crippen LogP contribution in [0.3, 0.4) is 0 Å². The topological polar surface area (TPSA) is 71.5 Å². The van der Waals surface area contributed by atoms with Gasteiger partial charge in [-0.05, 0) is 30.7 Å². The van der Waals surface area contributed by atoms with Gasteiger partial charge in [-0.25, -0.2) is 0 Å². The molecule has 0 aliphatic carbocycles. The van der Waals surface area contributed by atoms with Gasteiger partial charge in [0, 0.05) is 19.3 Å². The fourth-order valence-electron chi connectivity index (χ4n) is 2.14. The second-order valence-corrected chi connectivity index (χ2v) is 4.62. The normalized spacial score (nSPS) is 12.7. The highest BCUT2D eigenvalue weighted by molar-refractivity contribution is 5.52. The van der Waals surface area contributed by atoms with Gasteiger partial charge in [0.15, 0.2) is 11.5 Å². The molecule has 1 aromatic carbocycles. The number of ether oxygens (including phenoxy) is 3. The van der Waals surface area contributed by atoms with Crippen LogP contribution in [0.25, 0.3) is 0 Å². The van der Waals surface area contributed by atoms with Crippen molar-refractivity contribution < 1.29 is 14.2 Å². The minimum Gasteiger partial charge on any atom is -0.487 e. The molecule has 0 atom stereocenters. The lowest BCUT2D eigenvalue weighted by atomic mass is 10.1.